The van der Waals surface area contributed by atoms with E-state index in [0.717, 1.165) is 34.0 Å². The van der Waals surface area contributed by atoms with Crippen molar-refractivity contribution in [2.75, 3.05) is 39.9 Å². The largest absolute Gasteiger partial charge is 0.394 e. The van der Waals surface area contributed by atoms with E-state index in [1.54, 1.807) is 38.3 Å². The predicted octanol–water partition coefficient (Wildman–Crippen LogP) is 5.69. The van der Waals surface area contributed by atoms with Crippen LogP contribution in [0.1, 0.15) is 13.8 Å². The average Bonchev–Trinajstić information content (AvgIpc) is 2.87. The van der Waals surface area contributed by atoms with Crippen molar-refractivity contribution in [3.8, 4) is 0 Å². The van der Waals surface area contributed by atoms with Crippen molar-refractivity contribution >= 4 is 68.7 Å². The molecule has 0 spiro atoms. The van der Waals surface area contributed by atoms with Crippen molar-refractivity contribution in [1.29, 1.82) is 0 Å². The van der Waals surface area contributed by atoms with Gasteiger partial charge in [-0.05, 0) is 55.6 Å². The van der Waals surface area contributed by atoms with E-state index in [-0.39, 0.29) is 0 Å². The van der Waals surface area contributed by atoms with Gasteiger partial charge in [-0.1, -0.05) is 74.5 Å². The molecule has 0 bridgehead atoms. The van der Waals surface area contributed by atoms with Gasteiger partial charge in [-0.25, -0.2) is 0 Å². The maximum Gasteiger partial charge on any atom is 0.372 e. The van der Waals surface area contributed by atoms with E-state index in [1.165, 1.54) is 0 Å². The zero-order chi connectivity index (χ0) is 25.2. The lowest BCUT2D eigenvalue weighted by atomic mass is 10.3. The molecule has 0 N–H and O–H groups in total. The quantitative estimate of drug-likeness (QED) is 0.162. The first kappa shape index (κ1) is 30.3. The highest BCUT2D eigenvalue weighted by Crippen LogP contribution is 2.68. The first-order valence-corrected chi connectivity index (χ1v) is 20.8. The monoisotopic (exact) mass is 576 g/mol. The Morgan fingerprint density at radius 3 is 1.29 bits per heavy atom. The van der Waals surface area contributed by atoms with Gasteiger partial charge >= 0.3 is 17.1 Å². The Balaban J connectivity index is 2.13. The molecule has 0 aliphatic rings. The Kier molecular flexibility index (Phi) is 12.6. The van der Waals surface area contributed by atoms with Crippen LogP contribution in [0.25, 0.3) is 0 Å². The summed E-state index contributed by atoms with van der Waals surface area (Å²) in [5, 5.41) is 2.33. The molecule has 0 fully saturated rings. The van der Waals surface area contributed by atoms with Gasteiger partial charge in [-0.15, -0.1) is 31.4 Å². The lowest BCUT2D eigenvalue weighted by Crippen LogP contribution is -2.54. The zero-order valence-electron chi connectivity index (χ0n) is 21.1. The normalized spacial score (nSPS) is 17.1. The van der Waals surface area contributed by atoms with Crippen LogP contribution in [0.3, 0.4) is 0 Å². The summed E-state index contributed by atoms with van der Waals surface area (Å²) >= 11 is 9.91. The van der Waals surface area contributed by atoms with Crippen LogP contribution < -0.4 is 10.4 Å². The maximum absolute atomic E-state index is 6.06. The molecule has 0 aliphatic heterocycles. The lowest BCUT2D eigenvalue weighted by molar-refractivity contribution is 0.252. The molecule has 0 aliphatic carbocycles. The number of benzene rings is 2. The number of rotatable bonds is 15. The summed E-state index contributed by atoms with van der Waals surface area (Å²) in [4.78, 5) is 0. The second-order valence-electron chi connectivity index (χ2n) is 8.85. The van der Waals surface area contributed by atoms with Crippen LogP contribution in [-0.2, 0) is 17.7 Å². The minimum atomic E-state index is -2.52. The van der Waals surface area contributed by atoms with Crippen molar-refractivity contribution in [1.82, 2.24) is 0 Å². The van der Waals surface area contributed by atoms with Gasteiger partial charge in [0, 0.05) is 28.4 Å². The number of thiol groups is 2. The first-order valence-electron chi connectivity index (χ1n) is 11.4. The van der Waals surface area contributed by atoms with Crippen LogP contribution >= 0.6 is 41.2 Å². The molecule has 0 heterocycles. The highest BCUT2D eigenvalue weighted by Gasteiger charge is 2.43. The molecule has 0 saturated carbocycles. The number of hydrogen-bond donors (Lipinski definition) is 2. The summed E-state index contributed by atoms with van der Waals surface area (Å²) in [7, 11) is 2.35. The smallest absolute Gasteiger partial charge is 0.372 e. The van der Waals surface area contributed by atoms with Gasteiger partial charge in [0.2, 0.25) is 0 Å². The summed E-state index contributed by atoms with van der Waals surface area (Å²) in [6.45, 7) is 4.56. The molecule has 10 heteroatoms. The SMILES string of the molecule is CO[Si](CC(C)CS(S)(CC(C)C[Si](OC)(OC)c1ccccc1)SS)(OC)c1ccccc1. The van der Waals surface area contributed by atoms with E-state index in [2.05, 4.69) is 49.8 Å². The van der Waals surface area contributed by atoms with E-state index < -0.39 is 25.2 Å². The lowest BCUT2D eigenvalue weighted by Gasteiger charge is -2.39. The fraction of sp³-hybridized carbons (Fsp3) is 0.500. The minimum absolute atomic E-state index is 0.382. The third kappa shape index (κ3) is 7.80. The summed E-state index contributed by atoms with van der Waals surface area (Å²) in [5.41, 5.74) is 0. The molecule has 0 saturated heterocycles. The molecule has 0 amide bonds. The molecular formula is C24H40O4S4Si2. The van der Waals surface area contributed by atoms with Gasteiger partial charge in [0.05, 0.1) is 0 Å². The second kappa shape index (κ2) is 14.2. The molecular weight excluding hydrogens is 537 g/mol. The molecule has 2 unspecified atom stereocenters. The summed E-state index contributed by atoms with van der Waals surface area (Å²) in [6.07, 6.45) is 0. The van der Waals surface area contributed by atoms with Gasteiger partial charge in [-0.3, -0.25) is 0 Å². The van der Waals surface area contributed by atoms with Crippen molar-refractivity contribution in [3.05, 3.63) is 60.7 Å². The van der Waals surface area contributed by atoms with Crippen molar-refractivity contribution in [2.24, 2.45) is 11.8 Å². The topological polar surface area (TPSA) is 36.9 Å². The molecule has 2 atom stereocenters. The maximum atomic E-state index is 6.06. The first-order chi connectivity index (χ1) is 16.2. The van der Waals surface area contributed by atoms with Crippen LogP contribution in [0.5, 0.6) is 0 Å². The molecule has 4 nitrogen and oxygen atoms in total. The van der Waals surface area contributed by atoms with Gasteiger partial charge in [0.1, 0.15) is 0 Å². The Bertz CT molecular complexity index is 774. The Labute approximate surface area is 223 Å². The Morgan fingerprint density at radius 1 is 0.706 bits per heavy atom. The minimum Gasteiger partial charge on any atom is -0.394 e. The molecule has 2 aromatic carbocycles. The van der Waals surface area contributed by atoms with Crippen LogP contribution in [0.2, 0.25) is 12.1 Å². The van der Waals surface area contributed by atoms with E-state index in [4.69, 9.17) is 29.4 Å². The van der Waals surface area contributed by atoms with E-state index in [0.29, 0.717) is 11.8 Å². The van der Waals surface area contributed by atoms with Crippen molar-refractivity contribution in [2.45, 2.75) is 25.9 Å². The van der Waals surface area contributed by atoms with Crippen LogP contribution in [-0.4, -0.2) is 57.1 Å². The van der Waals surface area contributed by atoms with Gasteiger partial charge in [0.25, 0.3) is 0 Å². The summed E-state index contributed by atoms with van der Waals surface area (Å²) < 4.78 is 24.3. The Morgan fingerprint density at radius 2 is 1.03 bits per heavy atom. The summed E-state index contributed by atoms with van der Waals surface area (Å²) in [6, 6.07) is 22.5. The molecule has 2 rings (SSSR count). The molecule has 2 aromatic rings. The van der Waals surface area contributed by atoms with Gasteiger partial charge in [-0.2, -0.15) is 0 Å². The fourth-order valence-corrected chi connectivity index (χ4v) is 17.7. The molecule has 192 valence electrons. The average molecular weight is 577 g/mol. The van der Waals surface area contributed by atoms with Crippen LogP contribution in [0.15, 0.2) is 60.7 Å². The fourth-order valence-electron chi connectivity index (χ4n) is 4.64. The van der Waals surface area contributed by atoms with Crippen LogP contribution in [0, 0.1) is 11.8 Å². The molecule has 34 heavy (non-hydrogen) atoms. The third-order valence-electron chi connectivity index (χ3n) is 6.21. The van der Waals surface area contributed by atoms with Gasteiger partial charge < -0.3 is 17.7 Å². The predicted molar refractivity (Wildman–Crippen MR) is 163 cm³/mol. The summed E-state index contributed by atoms with van der Waals surface area (Å²) in [5.74, 6) is 2.71. The van der Waals surface area contributed by atoms with Crippen molar-refractivity contribution < 1.29 is 17.7 Å². The second-order valence-corrected chi connectivity index (χ2v) is 24.4. The van der Waals surface area contributed by atoms with Crippen LogP contribution in [0.4, 0.5) is 0 Å². The zero-order valence-corrected chi connectivity index (χ0v) is 26.5. The third-order valence-corrected chi connectivity index (χ3v) is 23.0. The highest BCUT2D eigenvalue weighted by atomic mass is 33.7. The molecule has 0 aromatic heterocycles. The standard InChI is InChI=1S/C24H40O4S4Si2/c1-21(19-33(25-3,26-4)23-13-9-7-10-14-23)17-32(30,31-29)18-22(2)20-34(27-5,28-6)24-15-11-8-12-16-24/h7-16,21-22,29-30H,17-20H2,1-6H3. The number of hydrogen-bond acceptors (Lipinski definition) is 7. The van der Waals surface area contributed by atoms with Crippen molar-refractivity contribution in [3.63, 3.8) is 0 Å². The van der Waals surface area contributed by atoms with E-state index in [1.807, 2.05) is 36.4 Å². The molecule has 0 radical (unpaired) electrons. The Hall–Kier alpha value is 0.114. The van der Waals surface area contributed by atoms with Gasteiger partial charge in [0.15, 0.2) is 0 Å². The van der Waals surface area contributed by atoms with E-state index >= 15 is 0 Å². The highest BCUT2D eigenvalue weighted by molar-refractivity contribution is 9.33. The van der Waals surface area contributed by atoms with E-state index in [9.17, 15) is 0 Å².